The van der Waals surface area contributed by atoms with Crippen LogP contribution in [0.15, 0.2) is 24.3 Å². The van der Waals surface area contributed by atoms with Gasteiger partial charge in [-0.3, -0.25) is 4.79 Å². The Bertz CT molecular complexity index is 779. The van der Waals surface area contributed by atoms with E-state index >= 15 is 0 Å². The van der Waals surface area contributed by atoms with Crippen molar-refractivity contribution < 1.29 is 9.90 Å². The zero-order valence-electron chi connectivity index (χ0n) is 13.8. The lowest BCUT2D eigenvalue weighted by Crippen LogP contribution is -2.39. The topological polar surface area (TPSA) is 66.3 Å². The molecule has 3 rings (SSSR count). The second-order valence-corrected chi connectivity index (χ2v) is 6.65. The first-order valence-electron chi connectivity index (χ1n) is 8.04. The smallest absolute Gasteiger partial charge is 0.308 e. The summed E-state index contributed by atoms with van der Waals surface area (Å²) < 4.78 is 0. The van der Waals surface area contributed by atoms with Gasteiger partial charge in [-0.1, -0.05) is 23.7 Å². The monoisotopic (exact) mass is 345 g/mol. The van der Waals surface area contributed by atoms with Gasteiger partial charge in [0.2, 0.25) is 0 Å². The first kappa shape index (κ1) is 16.7. The van der Waals surface area contributed by atoms with Crippen LogP contribution >= 0.6 is 11.6 Å². The molecule has 1 atom stereocenters. The van der Waals surface area contributed by atoms with Crippen molar-refractivity contribution in [2.75, 3.05) is 18.0 Å². The number of nitrogens with zero attached hydrogens (tertiary/aromatic N) is 3. The molecule has 1 fully saturated rings. The molecule has 5 nitrogen and oxygen atoms in total. The summed E-state index contributed by atoms with van der Waals surface area (Å²) in [5.74, 6) is 0.359. The van der Waals surface area contributed by atoms with Crippen LogP contribution in [-0.2, 0) is 4.79 Å². The van der Waals surface area contributed by atoms with E-state index in [1.165, 1.54) is 0 Å². The summed E-state index contributed by atoms with van der Waals surface area (Å²) >= 11 is 6.08. The Balaban J connectivity index is 2.00. The highest BCUT2D eigenvalue weighted by molar-refractivity contribution is 6.30. The summed E-state index contributed by atoms with van der Waals surface area (Å²) in [6.45, 7) is 5.24. The SMILES string of the molecule is Cc1nc(-c2cccc(Cl)c2)nc(N2CCCC(C(=O)O)C2)c1C. The van der Waals surface area contributed by atoms with Crippen LogP contribution in [0.25, 0.3) is 11.4 Å². The number of hydrogen-bond acceptors (Lipinski definition) is 4. The lowest BCUT2D eigenvalue weighted by molar-refractivity contribution is -0.141. The molecule has 1 aliphatic rings. The maximum atomic E-state index is 11.3. The largest absolute Gasteiger partial charge is 0.481 e. The van der Waals surface area contributed by atoms with Crippen molar-refractivity contribution in [2.24, 2.45) is 5.92 Å². The number of aromatic nitrogens is 2. The molecule has 0 aliphatic carbocycles. The van der Waals surface area contributed by atoms with E-state index in [4.69, 9.17) is 16.6 Å². The molecule has 0 saturated carbocycles. The third kappa shape index (κ3) is 3.36. The zero-order valence-corrected chi connectivity index (χ0v) is 14.5. The summed E-state index contributed by atoms with van der Waals surface area (Å²) in [4.78, 5) is 22.7. The highest BCUT2D eigenvalue weighted by atomic mass is 35.5. The zero-order chi connectivity index (χ0) is 17.3. The lowest BCUT2D eigenvalue weighted by Gasteiger charge is -2.33. The van der Waals surface area contributed by atoms with Gasteiger partial charge in [0.25, 0.3) is 0 Å². The van der Waals surface area contributed by atoms with E-state index in [0.29, 0.717) is 17.4 Å². The van der Waals surface area contributed by atoms with Crippen molar-refractivity contribution >= 4 is 23.4 Å². The van der Waals surface area contributed by atoms with Gasteiger partial charge in [-0.05, 0) is 38.8 Å². The molecular weight excluding hydrogens is 326 g/mol. The summed E-state index contributed by atoms with van der Waals surface area (Å²) in [6, 6.07) is 7.45. The number of aliphatic carboxylic acids is 1. The molecule has 6 heteroatoms. The van der Waals surface area contributed by atoms with Crippen molar-refractivity contribution in [1.29, 1.82) is 0 Å². The summed E-state index contributed by atoms with van der Waals surface area (Å²) in [6.07, 6.45) is 1.57. The number of carbonyl (C=O) groups is 1. The number of carboxylic acids is 1. The van der Waals surface area contributed by atoms with Crippen LogP contribution < -0.4 is 4.90 Å². The molecular formula is C18H20ClN3O2. The average molecular weight is 346 g/mol. The van der Waals surface area contributed by atoms with Gasteiger partial charge in [0.15, 0.2) is 5.82 Å². The van der Waals surface area contributed by atoms with Gasteiger partial charge in [0.1, 0.15) is 5.82 Å². The molecule has 2 heterocycles. The molecule has 2 aromatic rings. The van der Waals surface area contributed by atoms with E-state index in [-0.39, 0.29) is 5.92 Å². The molecule has 1 aromatic carbocycles. The van der Waals surface area contributed by atoms with E-state index in [2.05, 4.69) is 9.88 Å². The van der Waals surface area contributed by atoms with Gasteiger partial charge in [-0.15, -0.1) is 0 Å². The molecule has 0 radical (unpaired) electrons. The molecule has 1 aliphatic heterocycles. The summed E-state index contributed by atoms with van der Waals surface area (Å²) in [5.41, 5.74) is 2.75. The van der Waals surface area contributed by atoms with Crippen molar-refractivity contribution in [3.05, 3.63) is 40.5 Å². The van der Waals surface area contributed by atoms with Gasteiger partial charge in [0.05, 0.1) is 5.92 Å². The van der Waals surface area contributed by atoms with Gasteiger partial charge in [-0.2, -0.15) is 0 Å². The van der Waals surface area contributed by atoms with E-state index in [1.54, 1.807) is 0 Å². The lowest BCUT2D eigenvalue weighted by atomic mass is 9.98. The number of benzene rings is 1. The van der Waals surface area contributed by atoms with E-state index in [1.807, 2.05) is 38.1 Å². The molecule has 24 heavy (non-hydrogen) atoms. The van der Waals surface area contributed by atoms with Crippen LogP contribution in [0, 0.1) is 19.8 Å². The van der Waals surface area contributed by atoms with Crippen LogP contribution in [0.3, 0.4) is 0 Å². The number of piperidine rings is 1. The Hall–Kier alpha value is -2.14. The molecule has 126 valence electrons. The summed E-state index contributed by atoms with van der Waals surface area (Å²) in [5, 5.41) is 9.95. The number of aryl methyl sites for hydroxylation is 1. The standard InChI is InChI=1S/C18H20ClN3O2/c1-11-12(2)20-16(13-5-3-7-15(19)9-13)21-17(11)22-8-4-6-14(10-22)18(23)24/h3,5,7,9,14H,4,6,8,10H2,1-2H3,(H,23,24). The predicted molar refractivity (Wildman–Crippen MR) is 94.5 cm³/mol. The van der Waals surface area contributed by atoms with Crippen molar-refractivity contribution in [3.63, 3.8) is 0 Å². The predicted octanol–water partition coefficient (Wildman–Crippen LogP) is 3.71. The Morgan fingerprint density at radius 3 is 2.83 bits per heavy atom. The van der Waals surface area contributed by atoms with Gasteiger partial charge >= 0.3 is 5.97 Å². The fraction of sp³-hybridized carbons (Fsp3) is 0.389. The first-order chi connectivity index (χ1) is 11.5. The minimum atomic E-state index is -0.738. The maximum absolute atomic E-state index is 11.3. The van der Waals surface area contributed by atoms with E-state index in [0.717, 1.165) is 42.0 Å². The molecule has 0 bridgehead atoms. The van der Waals surface area contributed by atoms with E-state index in [9.17, 15) is 9.90 Å². The third-order valence-corrected chi connectivity index (χ3v) is 4.75. The molecule has 0 amide bonds. The Labute approximate surface area is 146 Å². The average Bonchev–Trinajstić information content (AvgIpc) is 2.57. The minimum absolute atomic E-state index is 0.344. The second kappa shape index (κ2) is 6.77. The molecule has 1 aromatic heterocycles. The van der Waals surface area contributed by atoms with E-state index < -0.39 is 5.97 Å². The maximum Gasteiger partial charge on any atom is 0.308 e. The van der Waals surface area contributed by atoms with Crippen molar-refractivity contribution in [3.8, 4) is 11.4 Å². The summed E-state index contributed by atoms with van der Waals surface area (Å²) in [7, 11) is 0. The van der Waals surface area contributed by atoms with Gasteiger partial charge in [0, 0.05) is 34.9 Å². The minimum Gasteiger partial charge on any atom is -0.481 e. The second-order valence-electron chi connectivity index (χ2n) is 6.21. The Kier molecular flexibility index (Phi) is 4.71. The number of halogens is 1. The molecule has 1 saturated heterocycles. The van der Waals surface area contributed by atoms with Gasteiger partial charge in [-0.25, -0.2) is 9.97 Å². The normalized spacial score (nSPS) is 17.8. The number of hydrogen-bond donors (Lipinski definition) is 1. The highest BCUT2D eigenvalue weighted by Crippen LogP contribution is 2.29. The third-order valence-electron chi connectivity index (χ3n) is 4.52. The highest BCUT2D eigenvalue weighted by Gasteiger charge is 2.27. The Morgan fingerprint density at radius 2 is 2.12 bits per heavy atom. The molecule has 1 N–H and O–H groups in total. The van der Waals surface area contributed by atoms with Crippen molar-refractivity contribution in [1.82, 2.24) is 9.97 Å². The van der Waals surface area contributed by atoms with Crippen LogP contribution in [0.5, 0.6) is 0 Å². The van der Waals surface area contributed by atoms with Crippen molar-refractivity contribution in [2.45, 2.75) is 26.7 Å². The fourth-order valence-electron chi connectivity index (χ4n) is 3.05. The quantitative estimate of drug-likeness (QED) is 0.918. The fourth-order valence-corrected chi connectivity index (χ4v) is 3.24. The number of anilines is 1. The van der Waals surface area contributed by atoms with Crippen LogP contribution in [0.4, 0.5) is 5.82 Å². The number of rotatable bonds is 3. The first-order valence-corrected chi connectivity index (χ1v) is 8.42. The Morgan fingerprint density at radius 1 is 1.33 bits per heavy atom. The van der Waals surface area contributed by atoms with Crippen LogP contribution in [0.1, 0.15) is 24.1 Å². The molecule has 0 spiro atoms. The van der Waals surface area contributed by atoms with Crippen LogP contribution in [0.2, 0.25) is 5.02 Å². The van der Waals surface area contributed by atoms with Crippen LogP contribution in [-0.4, -0.2) is 34.1 Å². The van der Waals surface area contributed by atoms with Gasteiger partial charge < -0.3 is 10.0 Å². The number of carboxylic acid groups (broad SMARTS) is 1. The molecule has 1 unspecified atom stereocenters.